The number of ether oxygens (including phenoxy) is 4. The van der Waals surface area contributed by atoms with E-state index in [0.29, 0.717) is 90.7 Å². The number of aromatic nitrogens is 6. The fourth-order valence-corrected chi connectivity index (χ4v) is 16.3. The number of nitrogens with one attached hydrogen (secondary N) is 9. The number of urea groups is 4. The molecule has 0 radical (unpaired) electrons. The lowest BCUT2D eigenvalue weighted by molar-refractivity contribution is -0.124. The van der Waals surface area contributed by atoms with Gasteiger partial charge in [-0.2, -0.15) is 0 Å². The fraction of sp³-hybridized carbons (Fsp3) is 0.198. The highest BCUT2D eigenvalue weighted by molar-refractivity contribution is 6.33. The van der Waals surface area contributed by atoms with Crippen molar-refractivity contribution >= 4 is 88.5 Å². The van der Waals surface area contributed by atoms with Gasteiger partial charge in [0, 0.05) is 47.5 Å². The Bertz CT molecular complexity index is 6830. The van der Waals surface area contributed by atoms with Crippen LogP contribution in [0.5, 0.6) is 23.0 Å². The van der Waals surface area contributed by atoms with Crippen LogP contribution in [0.2, 0.25) is 5.15 Å². The molecule has 137 heavy (non-hydrogen) atoms. The smallest absolute Gasteiger partial charge is 0.322 e. The summed E-state index contributed by atoms with van der Waals surface area (Å²) in [6.45, 7) is 7.26. The molecule has 7 aliphatic heterocycles. The van der Waals surface area contributed by atoms with Gasteiger partial charge in [-0.25, -0.2) is 75.4 Å². The zero-order valence-corrected chi connectivity index (χ0v) is 74.6. The second-order valence-electron chi connectivity index (χ2n) is 32.6. The van der Waals surface area contributed by atoms with Crippen LogP contribution >= 0.6 is 11.6 Å². The number of nitrogen functional groups attached to an aromatic ring is 2. The van der Waals surface area contributed by atoms with E-state index in [0.717, 1.165) is 53.1 Å². The molecule has 0 saturated carbocycles. The van der Waals surface area contributed by atoms with Crippen molar-refractivity contribution in [3.05, 3.63) is 318 Å². The highest BCUT2D eigenvalue weighted by Crippen LogP contribution is 2.40. The molecule has 4 fully saturated rings. The maximum atomic E-state index is 14.8. The molecule has 0 aliphatic carbocycles. The zero-order valence-electron chi connectivity index (χ0n) is 73.8. The van der Waals surface area contributed by atoms with Gasteiger partial charge in [0.25, 0.3) is 41.4 Å². The fourth-order valence-electron chi connectivity index (χ4n) is 16.0. The molecule has 34 nitrogen and oxygen atoms in total. The van der Waals surface area contributed by atoms with E-state index < -0.39 is 93.0 Å². The maximum absolute atomic E-state index is 14.8. The standard InChI is InChI=1S/C32H27F2N5O5.C23H17F2N5O3.C21H16ClF2N3O3.2C10H11N3O2/c1-32(30(41)37-31(42)38-32)19-10-7-17(8-11-19)13-23-27-24(36-28(35-23)26-21(33)5-4-6-22(26)34)16-39(29(27)40)15-18-9-12-20(43-2)14-25(18)44-3;1-23(21(32)29-22(33)30-23)12-7-5-11(6-8-12)9-15-18-16(10-26-20(18)31)28-19(27-15)17-13(24)3-2-4-14(17)25;1-29-12-7-6-11(16(8-12)30-2)9-27-10-15-18(21(27)28)19(22)26-20(25-15)17-13(23)4-3-5-14(17)24;2*1-10(8(14)12-9(15)13-10)6-2-4-7(11)5-3-6/h4-12,14H,13,15-16H2,1-3H3,(H2,37,38,41,42);2-8H,9-10H2,1H3,(H,26,31)(H2,29,30,32,33);3-8H,9-10H2,1-2H3;2*2-5H,11H2,1H3,(H2,12,13,14,15)/t32-;23-;;10-;/m11.1./s1. The molecule has 700 valence electrons. The predicted molar refractivity (Wildman–Crippen MR) is 481 cm³/mol. The largest absolute Gasteiger partial charge is 0.497 e. The Kier molecular flexibility index (Phi) is 26.5. The lowest BCUT2D eigenvalue weighted by atomic mass is 9.91. The number of halogens is 7. The van der Waals surface area contributed by atoms with E-state index in [9.17, 15) is 79.1 Å². The Morgan fingerprint density at radius 2 is 0.672 bits per heavy atom. The van der Waals surface area contributed by atoms with Gasteiger partial charge in [0.2, 0.25) is 0 Å². The van der Waals surface area contributed by atoms with Crippen LogP contribution in [0.1, 0.15) is 132 Å². The minimum absolute atomic E-state index is 0.0913. The van der Waals surface area contributed by atoms with Crippen LogP contribution in [0, 0.1) is 34.9 Å². The number of fused-ring (bicyclic) bond motifs is 3. The number of amides is 15. The van der Waals surface area contributed by atoms with E-state index >= 15 is 0 Å². The first-order valence-corrected chi connectivity index (χ1v) is 42.1. The minimum atomic E-state index is -1.24. The first kappa shape index (κ1) is 94.7. The van der Waals surface area contributed by atoms with Crippen LogP contribution < -0.4 is 78.3 Å². The normalized spacial score (nSPS) is 18.5. The first-order valence-electron chi connectivity index (χ1n) is 41.8. The molecule has 0 spiro atoms. The molecule has 7 aliphatic rings. The summed E-state index contributed by atoms with van der Waals surface area (Å²) < 4.78 is 108. The summed E-state index contributed by atoms with van der Waals surface area (Å²) in [7, 11) is 6.14. The molecule has 19 rings (SSSR count). The number of hydrogen-bond donors (Lipinski definition) is 11. The average Bonchev–Trinajstić information content (AvgIpc) is 1.60. The number of methoxy groups -OCH3 is 4. The molecule has 0 bridgehead atoms. The molecule has 3 aromatic heterocycles. The van der Waals surface area contributed by atoms with E-state index in [1.165, 1.54) is 37.3 Å². The topological polar surface area (TPSA) is 469 Å². The molecule has 13 N–H and O–H groups in total. The second-order valence-corrected chi connectivity index (χ2v) is 32.9. The van der Waals surface area contributed by atoms with Crippen molar-refractivity contribution in [2.45, 2.75) is 95.4 Å². The summed E-state index contributed by atoms with van der Waals surface area (Å²) in [4.78, 5) is 161. The van der Waals surface area contributed by atoms with Crippen molar-refractivity contribution in [2.24, 2.45) is 0 Å². The van der Waals surface area contributed by atoms with Gasteiger partial charge in [0.05, 0.1) is 117 Å². The van der Waals surface area contributed by atoms with Gasteiger partial charge in [-0.15, -0.1) is 0 Å². The van der Waals surface area contributed by atoms with E-state index in [4.69, 9.17) is 42.0 Å². The molecular formula is C96H82ClF6N19O15. The van der Waals surface area contributed by atoms with Crippen LogP contribution in [0.4, 0.5) is 56.9 Å². The van der Waals surface area contributed by atoms with Crippen molar-refractivity contribution in [3.63, 3.8) is 0 Å². The monoisotopic (exact) mass is 1890 g/mol. The molecule has 15 amide bonds. The van der Waals surface area contributed by atoms with Gasteiger partial charge in [0.15, 0.2) is 17.5 Å². The number of anilines is 2. The first-order chi connectivity index (χ1) is 65.3. The molecule has 1 unspecified atom stereocenters. The van der Waals surface area contributed by atoms with Crippen LogP contribution in [0.15, 0.2) is 188 Å². The Morgan fingerprint density at radius 1 is 0.365 bits per heavy atom. The molecule has 4 saturated heterocycles. The molecule has 9 aromatic carbocycles. The van der Waals surface area contributed by atoms with Gasteiger partial charge in [0.1, 0.15) is 90.8 Å². The third-order valence-electron chi connectivity index (χ3n) is 23.6. The number of carbonyl (C=O) groups excluding carboxylic acids is 11. The Morgan fingerprint density at radius 3 is 0.993 bits per heavy atom. The summed E-state index contributed by atoms with van der Waals surface area (Å²) in [6, 6.07) is 46.3. The second kappa shape index (κ2) is 38.3. The van der Waals surface area contributed by atoms with Gasteiger partial charge in [-0.3, -0.25) is 54.8 Å². The quantitative estimate of drug-likeness (QED) is 0.0155. The van der Waals surface area contributed by atoms with Gasteiger partial charge < -0.3 is 66.8 Å². The minimum Gasteiger partial charge on any atom is -0.497 e. The summed E-state index contributed by atoms with van der Waals surface area (Å²) in [5.74, 6) is -5.73. The number of rotatable bonds is 19. The van der Waals surface area contributed by atoms with E-state index in [2.05, 4.69) is 77.8 Å². The van der Waals surface area contributed by atoms with Gasteiger partial charge in [-0.1, -0.05) is 103 Å². The average molecular weight is 1890 g/mol. The van der Waals surface area contributed by atoms with Crippen molar-refractivity contribution in [3.8, 4) is 57.2 Å². The van der Waals surface area contributed by atoms with E-state index in [1.54, 1.807) is 180 Å². The van der Waals surface area contributed by atoms with Crippen LogP contribution in [0.25, 0.3) is 34.2 Å². The molecule has 12 aromatic rings. The predicted octanol–water partition coefficient (Wildman–Crippen LogP) is 11.4. The van der Waals surface area contributed by atoms with Gasteiger partial charge >= 0.3 is 24.1 Å². The zero-order chi connectivity index (χ0) is 98.0. The third-order valence-corrected chi connectivity index (χ3v) is 23.9. The summed E-state index contributed by atoms with van der Waals surface area (Å²) in [6.07, 6.45) is 0.325. The lowest BCUT2D eigenvalue weighted by Gasteiger charge is -2.21. The lowest BCUT2D eigenvalue weighted by Crippen LogP contribution is -2.40. The Labute approximate surface area is 780 Å². The maximum Gasteiger partial charge on any atom is 0.322 e. The summed E-state index contributed by atoms with van der Waals surface area (Å²) in [5.41, 5.74) is 14.6. The Balaban J connectivity index is 0.000000137. The van der Waals surface area contributed by atoms with Crippen LogP contribution in [0.3, 0.4) is 0 Å². The van der Waals surface area contributed by atoms with E-state index in [1.807, 2.05) is 0 Å². The number of hydrogen-bond acceptors (Lipinski definition) is 23. The van der Waals surface area contributed by atoms with Crippen molar-refractivity contribution in [1.29, 1.82) is 0 Å². The molecular weight excluding hydrogens is 1810 g/mol. The van der Waals surface area contributed by atoms with Gasteiger partial charge in [-0.05, 0) is 146 Å². The van der Waals surface area contributed by atoms with E-state index in [-0.39, 0.29) is 131 Å². The van der Waals surface area contributed by atoms with Crippen molar-refractivity contribution in [2.75, 3.05) is 39.9 Å². The SMILES string of the molecule is CC1(c2ccc(N)cc2)NC(=O)NC1=O.COc1ccc(CN2Cc3nc(-c4c(F)cccc4F)nc(Cc4ccc([C@@]5(C)NC(=O)NC5=O)cc4)c3C2=O)c(OC)c1.COc1ccc(CN2Cc3nc(-c4c(F)cccc4F)nc(Cl)c3C2=O)c(OC)c1.C[C@]1(c2ccc(Cc3nc(-c4c(F)cccc4F)nc4c3C(=O)NC4)cc2)NC(=O)NC1=O.C[C@]1(c2ccc(N)cc2)NC(=O)NC1=O. The number of carbonyl (C=O) groups is 11. The summed E-state index contributed by atoms with van der Waals surface area (Å²) in [5, 5.41) is 21.7. The summed E-state index contributed by atoms with van der Waals surface area (Å²) >= 11 is 6.21. The number of imide groups is 4. The highest BCUT2D eigenvalue weighted by atomic mass is 35.5. The third kappa shape index (κ3) is 19.1. The molecule has 41 heteroatoms. The molecule has 4 atom stereocenters. The number of nitrogens with zero attached hydrogens (tertiary/aromatic N) is 8. The molecule has 10 heterocycles. The van der Waals surface area contributed by atoms with Crippen LogP contribution in [-0.4, -0.2) is 134 Å². The number of nitrogens with two attached hydrogens (primary N) is 2. The van der Waals surface area contributed by atoms with Crippen molar-refractivity contribution in [1.82, 2.24) is 87.6 Å². The Hall–Kier alpha value is -16.9. The van der Waals surface area contributed by atoms with Crippen LogP contribution in [-0.2, 0) is 86.9 Å². The number of benzene rings is 9. The van der Waals surface area contributed by atoms with Crippen molar-refractivity contribution < 1.29 is 98.0 Å². The highest BCUT2D eigenvalue weighted by Gasteiger charge is 2.48.